The van der Waals surface area contributed by atoms with Crippen LogP contribution in [0.4, 0.5) is 5.82 Å². The molecule has 0 saturated carbocycles. The summed E-state index contributed by atoms with van der Waals surface area (Å²) >= 11 is 0. The Morgan fingerprint density at radius 1 is 1.44 bits per heavy atom. The second kappa shape index (κ2) is 5.81. The van der Waals surface area contributed by atoms with Crippen LogP contribution in [0, 0.1) is 0 Å². The minimum Gasteiger partial charge on any atom is -0.369 e. The molecule has 0 aliphatic carbocycles. The predicted molar refractivity (Wildman–Crippen MR) is 68.1 cm³/mol. The number of hydrogen-bond donors (Lipinski definition) is 2. The van der Waals surface area contributed by atoms with Crippen molar-refractivity contribution in [2.24, 2.45) is 5.73 Å². The summed E-state index contributed by atoms with van der Waals surface area (Å²) in [7, 11) is 0. The lowest BCUT2D eigenvalue weighted by molar-refractivity contribution is 0.100. The topological polar surface area (TPSA) is 85.8 Å². The quantitative estimate of drug-likeness (QED) is 0.740. The Bertz CT molecular complexity index is 509. The Kier molecular flexibility index (Phi) is 3.90. The SMILES string of the molecule is NC(=O)c1cccnc1NCCCn1ccnc1. The number of amides is 1. The van der Waals surface area contributed by atoms with Crippen LogP contribution in [0.2, 0.25) is 0 Å². The Hall–Kier alpha value is -2.37. The summed E-state index contributed by atoms with van der Waals surface area (Å²) in [6.45, 7) is 1.58. The summed E-state index contributed by atoms with van der Waals surface area (Å²) in [6, 6.07) is 3.35. The Morgan fingerprint density at radius 2 is 2.33 bits per heavy atom. The van der Waals surface area contributed by atoms with Gasteiger partial charge in [0.1, 0.15) is 5.82 Å². The third-order valence-electron chi connectivity index (χ3n) is 2.52. The highest BCUT2D eigenvalue weighted by molar-refractivity contribution is 5.97. The van der Waals surface area contributed by atoms with Gasteiger partial charge in [-0.1, -0.05) is 0 Å². The molecule has 6 nitrogen and oxygen atoms in total. The molecule has 3 N–H and O–H groups in total. The number of nitrogens with zero attached hydrogens (tertiary/aromatic N) is 3. The van der Waals surface area contributed by atoms with E-state index in [-0.39, 0.29) is 0 Å². The number of aromatic nitrogens is 3. The molecule has 0 aliphatic heterocycles. The van der Waals surface area contributed by atoms with E-state index in [2.05, 4.69) is 15.3 Å². The van der Waals surface area contributed by atoms with E-state index in [9.17, 15) is 4.79 Å². The van der Waals surface area contributed by atoms with Crippen molar-refractivity contribution in [1.29, 1.82) is 0 Å². The number of aryl methyl sites for hydroxylation is 1. The lowest BCUT2D eigenvalue weighted by Gasteiger charge is -2.08. The maximum atomic E-state index is 11.2. The fraction of sp³-hybridized carbons (Fsp3) is 0.250. The molecule has 0 aromatic carbocycles. The van der Waals surface area contributed by atoms with E-state index < -0.39 is 5.91 Å². The van der Waals surface area contributed by atoms with Crippen LogP contribution in [0.15, 0.2) is 37.1 Å². The molecule has 0 aliphatic rings. The third-order valence-corrected chi connectivity index (χ3v) is 2.52. The second-order valence-electron chi connectivity index (χ2n) is 3.84. The number of hydrogen-bond acceptors (Lipinski definition) is 4. The zero-order valence-corrected chi connectivity index (χ0v) is 9.91. The molecular formula is C12H15N5O. The van der Waals surface area contributed by atoms with Crippen LogP contribution in [-0.4, -0.2) is 27.0 Å². The molecule has 94 valence electrons. The number of carbonyl (C=O) groups excluding carboxylic acids is 1. The molecule has 0 saturated heterocycles. The lowest BCUT2D eigenvalue weighted by Crippen LogP contribution is -2.16. The van der Waals surface area contributed by atoms with Gasteiger partial charge >= 0.3 is 0 Å². The fourth-order valence-electron chi connectivity index (χ4n) is 1.63. The van der Waals surface area contributed by atoms with Crippen LogP contribution in [0.3, 0.4) is 0 Å². The Balaban J connectivity index is 1.85. The summed E-state index contributed by atoms with van der Waals surface area (Å²) in [5.74, 6) is 0.0656. The lowest BCUT2D eigenvalue weighted by atomic mass is 10.2. The van der Waals surface area contributed by atoms with Crippen LogP contribution in [0.25, 0.3) is 0 Å². The van der Waals surface area contributed by atoms with Gasteiger partial charge < -0.3 is 15.6 Å². The van der Waals surface area contributed by atoms with Crippen molar-refractivity contribution in [3.8, 4) is 0 Å². The number of imidazole rings is 1. The molecule has 2 aromatic rings. The first-order chi connectivity index (χ1) is 8.77. The summed E-state index contributed by atoms with van der Waals surface area (Å²) in [6.07, 6.45) is 7.97. The van der Waals surface area contributed by atoms with Crippen LogP contribution < -0.4 is 11.1 Å². The van der Waals surface area contributed by atoms with Crippen LogP contribution >= 0.6 is 0 Å². The van der Waals surface area contributed by atoms with Gasteiger partial charge in [0.2, 0.25) is 0 Å². The molecule has 2 rings (SSSR count). The van der Waals surface area contributed by atoms with Gasteiger partial charge in [-0.15, -0.1) is 0 Å². The zero-order valence-electron chi connectivity index (χ0n) is 9.91. The number of rotatable bonds is 6. The minimum atomic E-state index is -0.472. The van der Waals surface area contributed by atoms with Crippen LogP contribution in [0.5, 0.6) is 0 Å². The van der Waals surface area contributed by atoms with Gasteiger partial charge in [-0.05, 0) is 18.6 Å². The van der Waals surface area contributed by atoms with E-state index in [0.717, 1.165) is 19.5 Å². The first-order valence-electron chi connectivity index (χ1n) is 5.72. The summed E-state index contributed by atoms with van der Waals surface area (Å²) in [4.78, 5) is 19.2. The molecule has 18 heavy (non-hydrogen) atoms. The van der Waals surface area contributed by atoms with E-state index in [0.29, 0.717) is 11.4 Å². The van der Waals surface area contributed by atoms with Gasteiger partial charge in [0.05, 0.1) is 11.9 Å². The van der Waals surface area contributed by atoms with E-state index in [1.807, 2.05) is 10.8 Å². The monoisotopic (exact) mass is 245 g/mol. The number of primary amides is 1. The first-order valence-corrected chi connectivity index (χ1v) is 5.72. The number of nitrogens with one attached hydrogen (secondary N) is 1. The normalized spacial score (nSPS) is 10.2. The van der Waals surface area contributed by atoms with Crippen molar-refractivity contribution in [2.75, 3.05) is 11.9 Å². The van der Waals surface area contributed by atoms with Crippen molar-refractivity contribution in [3.05, 3.63) is 42.6 Å². The van der Waals surface area contributed by atoms with Crippen molar-refractivity contribution in [1.82, 2.24) is 14.5 Å². The van der Waals surface area contributed by atoms with Gasteiger partial charge in [-0.25, -0.2) is 9.97 Å². The molecule has 0 fully saturated rings. The molecule has 2 aromatic heterocycles. The molecule has 0 atom stereocenters. The van der Waals surface area contributed by atoms with E-state index in [1.54, 1.807) is 30.9 Å². The van der Waals surface area contributed by atoms with Crippen molar-refractivity contribution in [3.63, 3.8) is 0 Å². The Labute approximate surface area is 105 Å². The number of nitrogens with two attached hydrogens (primary N) is 1. The molecule has 2 heterocycles. The highest BCUT2D eigenvalue weighted by atomic mass is 16.1. The average molecular weight is 245 g/mol. The van der Waals surface area contributed by atoms with Gasteiger partial charge in [0, 0.05) is 31.7 Å². The van der Waals surface area contributed by atoms with Crippen molar-refractivity contribution in [2.45, 2.75) is 13.0 Å². The van der Waals surface area contributed by atoms with Gasteiger partial charge in [0.15, 0.2) is 0 Å². The molecule has 0 unspecified atom stereocenters. The maximum absolute atomic E-state index is 11.2. The Morgan fingerprint density at radius 3 is 3.06 bits per heavy atom. The van der Waals surface area contributed by atoms with Gasteiger partial charge in [0.25, 0.3) is 5.91 Å². The second-order valence-corrected chi connectivity index (χ2v) is 3.84. The summed E-state index contributed by atoms with van der Waals surface area (Å²) < 4.78 is 2.00. The molecule has 0 radical (unpaired) electrons. The molecule has 0 spiro atoms. The highest BCUT2D eigenvalue weighted by Gasteiger charge is 2.07. The molecular weight excluding hydrogens is 230 g/mol. The van der Waals surface area contributed by atoms with Crippen LogP contribution in [-0.2, 0) is 6.54 Å². The van der Waals surface area contributed by atoms with Crippen LogP contribution in [0.1, 0.15) is 16.8 Å². The number of carbonyl (C=O) groups is 1. The van der Waals surface area contributed by atoms with Crippen molar-refractivity contribution >= 4 is 11.7 Å². The molecule has 0 bridgehead atoms. The van der Waals surface area contributed by atoms with Gasteiger partial charge in [-0.3, -0.25) is 4.79 Å². The predicted octanol–water partition coefficient (Wildman–Crippen LogP) is 0.879. The highest BCUT2D eigenvalue weighted by Crippen LogP contribution is 2.10. The summed E-state index contributed by atoms with van der Waals surface area (Å²) in [5, 5.41) is 3.11. The molecule has 6 heteroatoms. The van der Waals surface area contributed by atoms with E-state index >= 15 is 0 Å². The number of pyridine rings is 1. The smallest absolute Gasteiger partial charge is 0.252 e. The van der Waals surface area contributed by atoms with E-state index in [1.165, 1.54) is 0 Å². The average Bonchev–Trinajstić information content (AvgIpc) is 2.88. The fourth-order valence-corrected chi connectivity index (χ4v) is 1.63. The maximum Gasteiger partial charge on any atom is 0.252 e. The standard InChI is InChI=1S/C12H15N5O/c13-11(18)10-3-1-4-15-12(10)16-5-2-7-17-8-6-14-9-17/h1,3-4,6,8-9H,2,5,7H2,(H2,13,18)(H,15,16). The zero-order chi connectivity index (χ0) is 12.8. The minimum absolute atomic E-state index is 0.417. The first kappa shape index (κ1) is 12.1. The van der Waals surface area contributed by atoms with E-state index in [4.69, 9.17) is 5.73 Å². The largest absolute Gasteiger partial charge is 0.369 e. The summed E-state index contributed by atoms with van der Waals surface area (Å²) in [5.41, 5.74) is 5.68. The third kappa shape index (κ3) is 3.07. The van der Waals surface area contributed by atoms with Gasteiger partial charge in [-0.2, -0.15) is 0 Å². The number of anilines is 1. The van der Waals surface area contributed by atoms with Crippen molar-refractivity contribution < 1.29 is 4.79 Å². The molecule has 1 amide bonds.